The van der Waals surface area contributed by atoms with Gasteiger partial charge in [0.25, 0.3) is 0 Å². The van der Waals surface area contributed by atoms with Gasteiger partial charge in [-0.3, -0.25) is 0 Å². The molecule has 4 saturated carbocycles. The molecule has 4 bridgehead atoms. The van der Waals surface area contributed by atoms with E-state index in [2.05, 4.69) is 11.4 Å². The molecule has 0 aliphatic heterocycles. The summed E-state index contributed by atoms with van der Waals surface area (Å²) in [5.41, 5.74) is 0.922. The van der Waals surface area contributed by atoms with Crippen LogP contribution in [0.1, 0.15) is 44.1 Å². The van der Waals surface area contributed by atoms with E-state index >= 15 is 0 Å². The van der Waals surface area contributed by atoms with E-state index in [0.717, 1.165) is 37.3 Å². The molecule has 4 nitrogen and oxygen atoms in total. The van der Waals surface area contributed by atoms with Gasteiger partial charge in [-0.15, -0.1) is 12.4 Å². The predicted octanol–water partition coefficient (Wildman–Crippen LogP) is 3.30. The summed E-state index contributed by atoms with van der Waals surface area (Å²) in [5.74, 6) is 2.95. The molecule has 0 amide bonds. The quantitative estimate of drug-likeness (QED) is 0.852. The SMILES string of the molecule is COc1ccc(CNC23CC4CC(CC(O)(C4)C2)C3)cc1OC.Cl. The first-order valence-corrected chi connectivity index (χ1v) is 8.71. The topological polar surface area (TPSA) is 50.7 Å². The number of rotatable bonds is 5. The normalized spacial score (nSPS) is 36.3. The average molecular weight is 354 g/mol. The number of hydrogen-bond acceptors (Lipinski definition) is 4. The summed E-state index contributed by atoms with van der Waals surface area (Å²) in [5, 5.41) is 14.6. The van der Waals surface area contributed by atoms with Gasteiger partial charge in [-0.25, -0.2) is 0 Å². The molecule has 0 saturated heterocycles. The standard InChI is InChI=1S/C19H27NO3.ClH/c1-22-16-4-3-13(6-17(16)23-2)11-20-18-7-14-5-15(8-18)10-19(21,9-14)12-18;/h3-4,6,14-15,20-21H,5,7-12H2,1-2H3;1H. The van der Waals surface area contributed by atoms with E-state index in [-0.39, 0.29) is 17.9 Å². The molecule has 0 aromatic heterocycles. The van der Waals surface area contributed by atoms with Crippen LogP contribution in [-0.4, -0.2) is 30.5 Å². The summed E-state index contributed by atoms with van der Waals surface area (Å²) < 4.78 is 10.7. The van der Waals surface area contributed by atoms with E-state index in [0.29, 0.717) is 11.8 Å². The maximum absolute atomic E-state index is 10.8. The second-order valence-electron chi connectivity index (χ2n) is 8.01. The molecule has 0 heterocycles. The Morgan fingerprint density at radius 1 is 1.08 bits per heavy atom. The van der Waals surface area contributed by atoms with Gasteiger partial charge in [-0.05, 0) is 68.1 Å². The smallest absolute Gasteiger partial charge is 0.161 e. The second kappa shape index (κ2) is 6.40. The summed E-state index contributed by atoms with van der Waals surface area (Å²) in [6, 6.07) is 6.09. The molecule has 134 valence electrons. The van der Waals surface area contributed by atoms with Gasteiger partial charge in [0.05, 0.1) is 19.8 Å². The largest absolute Gasteiger partial charge is 0.493 e. The van der Waals surface area contributed by atoms with Gasteiger partial charge in [0.15, 0.2) is 11.5 Å². The highest BCUT2D eigenvalue weighted by Crippen LogP contribution is 2.57. The molecule has 5 rings (SSSR count). The van der Waals surface area contributed by atoms with Crippen LogP contribution in [-0.2, 0) is 6.54 Å². The summed E-state index contributed by atoms with van der Waals surface area (Å²) in [7, 11) is 3.33. The maximum atomic E-state index is 10.8. The first kappa shape index (κ1) is 17.8. The molecule has 5 heteroatoms. The van der Waals surface area contributed by atoms with E-state index in [1.807, 2.05) is 12.1 Å². The van der Waals surface area contributed by atoms with Crippen LogP contribution >= 0.6 is 12.4 Å². The van der Waals surface area contributed by atoms with Crippen LogP contribution in [0.2, 0.25) is 0 Å². The van der Waals surface area contributed by atoms with Crippen LogP contribution < -0.4 is 14.8 Å². The van der Waals surface area contributed by atoms with Crippen molar-refractivity contribution < 1.29 is 14.6 Å². The second-order valence-corrected chi connectivity index (χ2v) is 8.01. The van der Waals surface area contributed by atoms with Gasteiger partial charge in [0.2, 0.25) is 0 Å². The van der Waals surface area contributed by atoms with Crippen molar-refractivity contribution >= 4 is 12.4 Å². The molecule has 4 aliphatic rings. The van der Waals surface area contributed by atoms with Gasteiger partial charge in [-0.2, -0.15) is 0 Å². The minimum Gasteiger partial charge on any atom is -0.493 e. The lowest BCUT2D eigenvalue weighted by atomic mass is 9.51. The Morgan fingerprint density at radius 3 is 2.33 bits per heavy atom. The first-order chi connectivity index (χ1) is 11.0. The molecule has 2 atom stereocenters. The highest BCUT2D eigenvalue weighted by atomic mass is 35.5. The Bertz CT molecular complexity index is 592. The van der Waals surface area contributed by atoms with Crippen molar-refractivity contribution in [3.05, 3.63) is 23.8 Å². The van der Waals surface area contributed by atoms with Crippen LogP contribution in [0.15, 0.2) is 18.2 Å². The monoisotopic (exact) mass is 353 g/mol. The third kappa shape index (κ3) is 3.12. The van der Waals surface area contributed by atoms with E-state index < -0.39 is 5.60 Å². The average Bonchev–Trinajstić information content (AvgIpc) is 2.50. The van der Waals surface area contributed by atoms with Crippen molar-refractivity contribution in [2.45, 2.75) is 56.2 Å². The van der Waals surface area contributed by atoms with E-state index in [1.54, 1.807) is 14.2 Å². The number of hydrogen-bond donors (Lipinski definition) is 2. The van der Waals surface area contributed by atoms with E-state index in [4.69, 9.17) is 9.47 Å². The molecule has 0 spiro atoms. The lowest BCUT2D eigenvalue weighted by molar-refractivity contribution is -0.142. The highest BCUT2D eigenvalue weighted by Gasteiger charge is 2.56. The summed E-state index contributed by atoms with van der Waals surface area (Å²) in [6.45, 7) is 0.815. The fourth-order valence-electron chi connectivity index (χ4n) is 5.70. The van der Waals surface area contributed by atoms with Gasteiger partial charge in [0, 0.05) is 12.1 Å². The first-order valence-electron chi connectivity index (χ1n) is 8.71. The predicted molar refractivity (Wildman–Crippen MR) is 96.0 cm³/mol. The fraction of sp³-hybridized carbons (Fsp3) is 0.684. The molecule has 24 heavy (non-hydrogen) atoms. The van der Waals surface area contributed by atoms with Crippen LogP contribution in [0, 0.1) is 11.8 Å². The Labute approximate surface area is 150 Å². The zero-order valence-electron chi connectivity index (χ0n) is 14.5. The molecule has 1 aromatic rings. The van der Waals surface area contributed by atoms with E-state index in [9.17, 15) is 5.11 Å². The molecule has 1 aromatic carbocycles. The Hall–Kier alpha value is -0.970. The summed E-state index contributed by atoms with van der Waals surface area (Å²) in [4.78, 5) is 0. The van der Waals surface area contributed by atoms with E-state index in [1.165, 1.54) is 24.8 Å². The minimum atomic E-state index is -0.408. The van der Waals surface area contributed by atoms with Crippen LogP contribution in [0.4, 0.5) is 0 Å². The van der Waals surface area contributed by atoms with Crippen LogP contribution in [0.3, 0.4) is 0 Å². The molecule has 0 radical (unpaired) electrons. The van der Waals surface area contributed by atoms with Crippen LogP contribution in [0.5, 0.6) is 11.5 Å². The van der Waals surface area contributed by atoms with Gasteiger partial charge in [0.1, 0.15) is 0 Å². The number of aliphatic hydroxyl groups is 1. The number of halogens is 1. The number of methoxy groups -OCH3 is 2. The van der Waals surface area contributed by atoms with Crippen molar-refractivity contribution in [3.8, 4) is 11.5 Å². The third-order valence-electron chi connectivity index (χ3n) is 6.15. The maximum Gasteiger partial charge on any atom is 0.161 e. The molecule has 4 aliphatic carbocycles. The van der Waals surface area contributed by atoms with Gasteiger partial charge >= 0.3 is 0 Å². The molecular formula is C19H28ClNO3. The summed E-state index contributed by atoms with van der Waals surface area (Å²) in [6.07, 6.45) is 6.72. The minimum absolute atomic E-state index is 0. The zero-order valence-corrected chi connectivity index (χ0v) is 15.3. The summed E-state index contributed by atoms with van der Waals surface area (Å²) >= 11 is 0. The van der Waals surface area contributed by atoms with Crippen molar-refractivity contribution in [2.24, 2.45) is 11.8 Å². The third-order valence-corrected chi connectivity index (χ3v) is 6.15. The number of ether oxygens (including phenoxy) is 2. The van der Waals surface area contributed by atoms with Crippen molar-refractivity contribution in [1.82, 2.24) is 5.32 Å². The lowest BCUT2D eigenvalue weighted by Gasteiger charge is -2.60. The van der Waals surface area contributed by atoms with Crippen LogP contribution in [0.25, 0.3) is 0 Å². The Balaban J connectivity index is 0.00000169. The molecule has 2 N–H and O–H groups in total. The van der Waals surface area contributed by atoms with Crippen molar-refractivity contribution in [3.63, 3.8) is 0 Å². The van der Waals surface area contributed by atoms with Gasteiger partial charge in [-0.1, -0.05) is 6.07 Å². The zero-order chi connectivity index (χ0) is 16.1. The van der Waals surface area contributed by atoms with Gasteiger partial charge < -0.3 is 19.9 Å². The van der Waals surface area contributed by atoms with Crippen molar-refractivity contribution in [1.29, 1.82) is 0 Å². The molecular weight excluding hydrogens is 326 g/mol. The van der Waals surface area contributed by atoms with Crippen molar-refractivity contribution in [2.75, 3.05) is 14.2 Å². The fourth-order valence-corrected chi connectivity index (χ4v) is 5.70. The Kier molecular flexibility index (Phi) is 4.75. The molecule has 4 fully saturated rings. The number of benzene rings is 1. The molecule has 2 unspecified atom stereocenters. The highest BCUT2D eigenvalue weighted by molar-refractivity contribution is 5.85. The Morgan fingerprint density at radius 2 is 1.75 bits per heavy atom. The number of nitrogens with one attached hydrogen (secondary N) is 1. The lowest BCUT2D eigenvalue weighted by Crippen LogP contribution is -2.64.